The molecule has 0 bridgehead atoms. The van der Waals surface area contributed by atoms with Gasteiger partial charge in [-0.1, -0.05) is 216 Å². The van der Waals surface area contributed by atoms with E-state index >= 15 is 0 Å². The lowest BCUT2D eigenvalue weighted by atomic mass is 9.80. The number of nitrogens with one attached hydrogen (secondary N) is 10. The number of hydrogen-bond donors (Lipinski definition) is 12. The second kappa shape index (κ2) is 47.5. The average Bonchev–Trinajstić information content (AvgIpc) is 1.53. The molecule has 3 heterocycles. The van der Waals surface area contributed by atoms with Gasteiger partial charge in [0.15, 0.2) is 0 Å². The lowest BCUT2D eigenvalue weighted by molar-refractivity contribution is -0.145. The minimum atomic E-state index is -1.10. The molecule has 3 aliphatic heterocycles. The van der Waals surface area contributed by atoms with E-state index in [9.17, 15) is 86.3 Å². The van der Waals surface area contributed by atoms with Crippen molar-refractivity contribution in [2.75, 3.05) is 59.7 Å². The fraction of sp³-hybridized carbons (Fsp3) is 0.796. The van der Waals surface area contributed by atoms with Gasteiger partial charge in [0, 0.05) is 26.2 Å². The van der Waals surface area contributed by atoms with E-state index in [1.807, 2.05) is 138 Å². The number of fused-ring (bicyclic) bond motifs is 3. The van der Waals surface area contributed by atoms with Gasteiger partial charge in [-0.05, 0) is 149 Å². The number of ether oxygens (including phenoxy) is 6. The summed E-state index contributed by atoms with van der Waals surface area (Å²) in [7, 11) is 1.22. The summed E-state index contributed by atoms with van der Waals surface area (Å²) in [4.78, 5) is 239. The first-order valence-electron chi connectivity index (χ1n) is 49.1. The van der Waals surface area contributed by atoms with E-state index in [-0.39, 0.29) is 133 Å². The Bertz CT molecular complexity index is 4360. The number of Topliss-reactive ketones (excluding diaryl/α,β-unsaturated/α-hetero) is 3. The number of piperidine rings is 3. The van der Waals surface area contributed by atoms with E-state index in [1.165, 1.54) is 27.9 Å². The van der Waals surface area contributed by atoms with Crippen LogP contribution in [0.1, 0.15) is 256 Å². The third-order valence-corrected chi connectivity index (χ3v) is 29.3. The van der Waals surface area contributed by atoms with Crippen LogP contribution in [0.2, 0.25) is 0 Å². The molecule has 0 aromatic rings. The maximum Gasteiger partial charge on any atom is 0.508 e. The van der Waals surface area contributed by atoms with E-state index in [0.29, 0.717) is 38.9 Å². The summed E-state index contributed by atoms with van der Waals surface area (Å²) < 4.78 is 30.2. The maximum atomic E-state index is 14.3. The van der Waals surface area contributed by atoms with Crippen LogP contribution in [0, 0.1) is 104 Å². The van der Waals surface area contributed by atoms with Crippen LogP contribution in [-0.2, 0) is 86.0 Å². The topological polar surface area (TPSA) is 545 Å². The van der Waals surface area contributed by atoms with Gasteiger partial charge in [0.2, 0.25) is 52.8 Å². The Balaban J connectivity index is 0.000000280. The number of primary amides is 2. The quantitative estimate of drug-likeness (QED) is 0.0120. The Labute approximate surface area is 807 Å². The number of amides is 15. The summed E-state index contributed by atoms with van der Waals surface area (Å²) in [5, 5.41) is 27.8. The molecule has 9 fully saturated rings. The Kier molecular flexibility index (Phi) is 39.4. The van der Waals surface area contributed by atoms with Crippen LogP contribution in [0.25, 0.3) is 0 Å². The van der Waals surface area contributed by atoms with Crippen molar-refractivity contribution in [3.8, 4) is 0 Å². The molecule has 3 saturated heterocycles. The first kappa shape index (κ1) is 114. The molecule has 0 spiro atoms. The molecule has 137 heavy (non-hydrogen) atoms. The minimum Gasteiger partial charge on any atom is -0.438 e. The molecule has 6 saturated carbocycles. The predicted molar refractivity (Wildman–Crippen MR) is 506 cm³/mol. The van der Waals surface area contributed by atoms with E-state index < -0.39 is 196 Å². The number of urea groups is 3. The van der Waals surface area contributed by atoms with Crippen molar-refractivity contribution in [2.45, 2.75) is 335 Å². The molecule has 0 radical (unpaired) electrons. The van der Waals surface area contributed by atoms with E-state index in [2.05, 4.69) is 78.3 Å². The second-order valence-corrected chi connectivity index (χ2v) is 45.4. The van der Waals surface area contributed by atoms with Crippen LogP contribution in [-0.4, -0.2) is 260 Å². The van der Waals surface area contributed by atoms with Crippen molar-refractivity contribution in [3.63, 3.8) is 0 Å². The zero-order valence-corrected chi connectivity index (χ0v) is 85.6. The number of carbonyl (C=O) groups is 18. The molecule has 9 aliphatic rings. The summed E-state index contributed by atoms with van der Waals surface area (Å²) >= 11 is 0. The van der Waals surface area contributed by atoms with Crippen molar-refractivity contribution >= 4 is 107 Å². The van der Waals surface area contributed by atoms with Gasteiger partial charge in [0.25, 0.3) is 17.7 Å². The van der Waals surface area contributed by atoms with Gasteiger partial charge in [-0.25, -0.2) is 28.8 Å². The minimum absolute atomic E-state index is 0.0578. The molecule has 39 nitrogen and oxygen atoms in total. The SMILES string of the molecule is C=CCNC(=O)C(=O)C(CCC)NC(=O)[C@@H]1[C@@H]2[C@H](CN1C(=O)[C@@H](NC(=O)N[C@H](COC(=O)OC(C)C)C(C)C)C(C)(C)C)C2(C)C.CC(C)COC(=O)OC[C@@H](NC(=O)N[C@H](C(=O)N1C[C@H]2[C@@H]([C@H]1C(=O)NC(CC1CCC1)C(=O)C(N)=O)C2(C)C)C(C)(C)C)C(C)C.COC(=O)OC[C@@H](NC(=O)N[C@H](C(=O)N1C[C@H]2[C@@H]([C@H]1C(=O)NC(CC1CCC1)C(=O)C(N)=O)C2(C)C)C(C)(C)C)C1CCCC1. The Hall–Kier alpha value is -10.4. The highest BCUT2D eigenvalue weighted by molar-refractivity contribution is 6.39. The molecule has 0 aromatic carbocycles. The number of ketones is 3. The van der Waals surface area contributed by atoms with Gasteiger partial charge in [0.1, 0.15) is 56.1 Å². The molecule has 15 amide bonds. The van der Waals surface area contributed by atoms with Crippen LogP contribution >= 0.6 is 0 Å². The number of likely N-dealkylation sites (tertiary alicyclic amines) is 3. The summed E-state index contributed by atoms with van der Waals surface area (Å²) in [6.45, 7) is 49.7. The van der Waals surface area contributed by atoms with Crippen molar-refractivity contribution in [3.05, 3.63) is 12.7 Å². The Morgan fingerprint density at radius 3 is 1.08 bits per heavy atom. The molecule has 3 unspecified atom stereocenters. The summed E-state index contributed by atoms with van der Waals surface area (Å²) in [5.41, 5.74) is 7.85. The van der Waals surface area contributed by atoms with Crippen LogP contribution in [0.3, 0.4) is 0 Å². The fourth-order valence-electron chi connectivity index (χ4n) is 20.1. The van der Waals surface area contributed by atoms with Gasteiger partial charge < -0.3 is 108 Å². The number of rotatable bonds is 41. The molecule has 9 rings (SSSR count). The lowest BCUT2D eigenvalue weighted by Gasteiger charge is -2.38. The predicted octanol–water partition coefficient (Wildman–Crippen LogP) is 7.93. The van der Waals surface area contributed by atoms with Gasteiger partial charge in [-0.15, -0.1) is 6.58 Å². The summed E-state index contributed by atoms with van der Waals surface area (Å²) in [6, 6.07) is -12.2. The zero-order valence-electron chi connectivity index (χ0n) is 85.6. The lowest BCUT2D eigenvalue weighted by Crippen LogP contribution is -2.62. The molecule has 18 atom stereocenters. The zero-order chi connectivity index (χ0) is 103. The summed E-state index contributed by atoms with van der Waals surface area (Å²) in [6.07, 6.45) is 9.56. The van der Waals surface area contributed by atoms with E-state index in [1.54, 1.807) is 13.8 Å². The standard InChI is InChI=1S/2C33H55N5O8.C32H51N5O8/c1-17(2)15-45-31(44)46-16-22(18(3)4)36-30(43)37-26(32(5,6)7)29(42)38-14-20-23(33(20,8)9)24(38)28(41)35-21(25(39)27(34)40)13-19-11-10-12-19;1-12-14-21(25(39)28(41)34-15-13-2)35-27(40)24-23-20(33(23,10)11)16-38(24)29(42)26(32(7,8)9)37-30(43)36-22(18(3)4)17-45-31(44)46-19(5)6;1-31(2,3)25(36-29(42)35-21(16-45-30(43)44-6)18-12-7-8-13-18)28(41)37-15-19-22(32(19,4)5)23(37)27(40)34-20(24(38)26(33)39)14-17-10-9-11-17/h17-24,26H,10-16H2,1-9H3,(H2,34,40)(H,35,41)(H2,36,37,43);13,18-24,26H,2,12,14-17H2,1,3-11H3,(H,34,41)(H,35,40)(H2,36,37,43);17-23,25H,7-16H2,1-6H3,(H2,33,39)(H,34,40)(H2,35,36,42)/t2*20-,21?,22+,23-,24-,26+;19-,20?,21+,22-,23-,25+/m000/s1. The second-order valence-electron chi connectivity index (χ2n) is 45.4. The molecule has 6 aliphatic carbocycles. The molecule has 39 heteroatoms. The Morgan fingerprint density at radius 1 is 0.431 bits per heavy atom. The molecule has 772 valence electrons. The van der Waals surface area contributed by atoms with Crippen molar-refractivity contribution in [1.82, 2.24) is 67.9 Å². The molecule has 14 N–H and O–H groups in total. The van der Waals surface area contributed by atoms with Crippen LogP contribution in [0.5, 0.6) is 0 Å². The van der Waals surface area contributed by atoms with Gasteiger partial charge >= 0.3 is 36.6 Å². The third-order valence-electron chi connectivity index (χ3n) is 29.3. The van der Waals surface area contributed by atoms with Crippen LogP contribution in [0.15, 0.2) is 12.7 Å². The highest BCUT2D eigenvalue weighted by Crippen LogP contribution is 2.67. The largest absolute Gasteiger partial charge is 0.508 e. The first-order chi connectivity index (χ1) is 63.6. The van der Waals surface area contributed by atoms with Gasteiger partial charge in [-0.3, -0.25) is 57.5 Å². The van der Waals surface area contributed by atoms with Crippen LogP contribution < -0.4 is 64.6 Å². The molecular weight excluding hydrogens is 1770 g/mol. The van der Waals surface area contributed by atoms with Crippen molar-refractivity contribution < 1.29 is 115 Å². The first-order valence-corrected chi connectivity index (χ1v) is 49.1. The van der Waals surface area contributed by atoms with Crippen molar-refractivity contribution in [1.29, 1.82) is 0 Å². The number of hydrogen-bond acceptors (Lipinski definition) is 24. The van der Waals surface area contributed by atoms with E-state index in [0.717, 1.165) is 64.2 Å². The van der Waals surface area contributed by atoms with E-state index in [4.69, 9.17) is 35.2 Å². The maximum absolute atomic E-state index is 14.3. The third kappa shape index (κ3) is 29.8. The Morgan fingerprint density at radius 2 is 0.774 bits per heavy atom. The highest BCUT2D eigenvalue weighted by atomic mass is 16.7. The normalized spacial score (nSPS) is 23.8. The summed E-state index contributed by atoms with van der Waals surface area (Å²) in [5.74, 6) is -7.91. The number of methoxy groups -OCH3 is 1. The van der Waals surface area contributed by atoms with Crippen molar-refractivity contribution in [2.24, 2.45) is 115 Å². The monoisotopic (exact) mass is 1930 g/mol. The van der Waals surface area contributed by atoms with Gasteiger partial charge in [-0.2, -0.15) is 0 Å². The highest BCUT2D eigenvalue weighted by Gasteiger charge is 2.73. The average molecular weight is 1930 g/mol. The number of nitrogens with zero attached hydrogens (tertiary/aromatic N) is 3. The number of nitrogens with two attached hydrogens (primary N) is 2. The fourth-order valence-corrected chi connectivity index (χ4v) is 20.1. The smallest absolute Gasteiger partial charge is 0.438 e. The molecule has 0 aromatic heterocycles. The molecular formula is C98H161N15O24. The van der Waals surface area contributed by atoms with Crippen LogP contribution in [0.4, 0.5) is 28.8 Å². The number of carbonyl (C=O) groups excluding carboxylic acids is 18. The van der Waals surface area contributed by atoms with Gasteiger partial charge in [0.05, 0.1) is 56.1 Å².